The smallest absolute Gasteiger partial charge is 0.201 e. The fraction of sp³-hybridized carbons (Fsp3) is 0.500. The number of hydrogen-bond donors (Lipinski definition) is 3. The SMILES string of the molecule is CC(C)C(CN(C)C)Nc1nc2ccc(N)cc2[nH]1. The lowest BCUT2D eigenvalue weighted by atomic mass is 10.0. The molecule has 104 valence electrons. The average Bonchev–Trinajstić information content (AvgIpc) is 2.68. The van der Waals surface area contributed by atoms with E-state index in [0.717, 1.165) is 29.2 Å². The van der Waals surface area contributed by atoms with Crippen molar-refractivity contribution in [2.24, 2.45) is 5.92 Å². The minimum Gasteiger partial charge on any atom is -0.399 e. The van der Waals surface area contributed by atoms with Crippen LogP contribution in [0.3, 0.4) is 0 Å². The maximum atomic E-state index is 5.77. The van der Waals surface area contributed by atoms with E-state index in [1.54, 1.807) is 0 Å². The molecule has 5 nitrogen and oxygen atoms in total. The number of aromatic amines is 1. The standard InChI is InChI=1S/C14H23N5/c1-9(2)13(8-19(3)4)18-14-16-11-6-5-10(15)7-12(11)17-14/h5-7,9,13H,8,15H2,1-4H3,(H2,16,17,18). The summed E-state index contributed by atoms with van der Waals surface area (Å²) in [5.41, 5.74) is 8.42. The van der Waals surface area contributed by atoms with Gasteiger partial charge in [-0.1, -0.05) is 13.8 Å². The Morgan fingerprint density at radius 3 is 2.74 bits per heavy atom. The molecule has 0 saturated heterocycles. The molecular formula is C14H23N5. The summed E-state index contributed by atoms with van der Waals surface area (Å²) in [5.74, 6) is 1.34. The molecule has 2 rings (SSSR count). The Labute approximate surface area is 114 Å². The van der Waals surface area contributed by atoms with Crippen LogP contribution in [-0.2, 0) is 0 Å². The minimum absolute atomic E-state index is 0.355. The van der Waals surface area contributed by atoms with E-state index in [1.165, 1.54) is 0 Å². The van der Waals surface area contributed by atoms with E-state index in [1.807, 2.05) is 18.2 Å². The van der Waals surface area contributed by atoms with Gasteiger partial charge in [-0.3, -0.25) is 0 Å². The van der Waals surface area contributed by atoms with Crippen molar-refractivity contribution in [2.45, 2.75) is 19.9 Å². The molecule has 0 fully saturated rings. The molecule has 1 aromatic heterocycles. The van der Waals surface area contributed by atoms with E-state index in [9.17, 15) is 0 Å². The Balaban J connectivity index is 2.19. The van der Waals surface area contributed by atoms with Gasteiger partial charge in [0.05, 0.1) is 11.0 Å². The largest absolute Gasteiger partial charge is 0.399 e. The number of fused-ring (bicyclic) bond motifs is 1. The van der Waals surface area contributed by atoms with Gasteiger partial charge >= 0.3 is 0 Å². The van der Waals surface area contributed by atoms with Crippen LogP contribution in [0.2, 0.25) is 0 Å². The summed E-state index contributed by atoms with van der Waals surface area (Å²) in [6.45, 7) is 5.39. The molecular weight excluding hydrogens is 238 g/mol. The van der Waals surface area contributed by atoms with Gasteiger partial charge in [0.15, 0.2) is 0 Å². The molecule has 0 radical (unpaired) electrons. The molecule has 0 amide bonds. The number of aromatic nitrogens is 2. The number of H-pyrrole nitrogens is 1. The summed E-state index contributed by atoms with van der Waals surface area (Å²) in [4.78, 5) is 10.00. The second-order valence-corrected chi connectivity index (χ2v) is 5.62. The Morgan fingerprint density at radius 1 is 1.37 bits per heavy atom. The van der Waals surface area contributed by atoms with Crippen molar-refractivity contribution in [3.63, 3.8) is 0 Å². The number of nitrogens with zero attached hydrogens (tertiary/aromatic N) is 2. The van der Waals surface area contributed by atoms with Gasteiger partial charge in [0.1, 0.15) is 0 Å². The third-order valence-electron chi connectivity index (χ3n) is 3.19. The summed E-state index contributed by atoms with van der Waals surface area (Å²) in [5, 5.41) is 3.47. The summed E-state index contributed by atoms with van der Waals surface area (Å²) in [6, 6.07) is 6.06. The van der Waals surface area contributed by atoms with Gasteiger partial charge in [0.2, 0.25) is 5.95 Å². The van der Waals surface area contributed by atoms with Crippen LogP contribution >= 0.6 is 0 Å². The number of rotatable bonds is 5. The first kappa shape index (κ1) is 13.7. The Kier molecular flexibility index (Phi) is 3.95. The zero-order valence-corrected chi connectivity index (χ0v) is 12.1. The number of imidazole rings is 1. The Hall–Kier alpha value is -1.75. The fourth-order valence-electron chi connectivity index (χ4n) is 2.09. The fourth-order valence-corrected chi connectivity index (χ4v) is 2.09. The van der Waals surface area contributed by atoms with E-state index in [-0.39, 0.29) is 0 Å². The van der Waals surface area contributed by atoms with Crippen LogP contribution in [0.15, 0.2) is 18.2 Å². The van der Waals surface area contributed by atoms with Crippen LogP contribution in [0.25, 0.3) is 11.0 Å². The summed E-state index contributed by atoms with van der Waals surface area (Å²) >= 11 is 0. The highest BCUT2D eigenvalue weighted by Gasteiger charge is 2.15. The molecule has 19 heavy (non-hydrogen) atoms. The number of anilines is 2. The van der Waals surface area contributed by atoms with Crippen LogP contribution in [0, 0.1) is 5.92 Å². The number of nitrogen functional groups attached to an aromatic ring is 1. The lowest BCUT2D eigenvalue weighted by Gasteiger charge is -2.25. The Bertz CT molecular complexity index is 544. The van der Waals surface area contributed by atoms with Crippen molar-refractivity contribution in [1.29, 1.82) is 0 Å². The minimum atomic E-state index is 0.355. The van der Waals surface area contributed by atoms with Gasteiger partial charge in [-0.05, 0) is 38.2 Å². The lowest BCUT2D eigenvalue weighted by molar-refractivity contribution is 0.344. The van der Waals surface area contributed by atoms with Crippen LogP contribution in [-0.4, -0.2) is 41.5 Å². The van der Waals surface area contributed by atoms with Crippen LogP contribution in [0.1, 0.15) is 13.8 Å². The van der Waals surface area contributed by atoms with E-state index in [4.69, 9.17) is 5.73 Å². The predicted octanol–water partition coefficient (Wildman–Crippen LogP) is 2.14. The van der Waals surface area contributed by atoms with Crippen molar-refractivity contribution in [1.82, 2.24) is 14.9 Å². The van der Waals surface area contributed by atoms with E-state index in [0.29, 0.717) is 12.0 Å². The topological polar surface area (TPSA) is 70.0 Å². The van der Waals surface area contributed by atoms with Crippen molar-refractivity contribution in [2.75, 3.05) is 31.7 Å². The first-order chi connectivity index (χ1) is 8.95. The van der Waals surface area contributed by atoms with E-state index in [2.05, 4.69) is 48.1 Å². The number of benzene rings is 1. The Morgan fingerprint density at radius 2 is 2.11 bits per heavy atom. The van der Waals surface area contributed by atoms with Crippen molar-refractivity contribution in [3.05, 3.63) is 18.2 Å². The quantitative estimate of drug-likeness (QED) is 0.721. The maximum Gasteiger partial charge on any atom is 0.201 e. The summed E-state index contributed by atoms with van der Waals surface area (Å²) in [7, 11) is 4.16. The molecule has 4 N–H and O–H groups in total. The predicted molar refractivity (Wildman–Crippen MR) is 81.3 cm³/mol. The molecule has 0 spiro atoms. The van der Waals surface area contributed by atoms with Gasteiger partial charge in [-0.25, -0.2) is 4.98 Å². The monoisotopic (exact) mass is 261 g/mol. The number of likely N-dealkylation sites (N-methyl/N-ethyl adjacent to an activating group) is 1. The second-order valence-electron chi connectivity index (χ2n) is 5.62. The number of nitrogens with one attached hydrogen (secondary N) is 2. The highest BCUT2D eigenvalue weighted by atomic mass is 15.2. The molecule has 1 atom stereocenters. The van der Waals surface area contributed by atoms with Crippen molar-refractivity contribution < 1.29 is 0 Å². The molecule has 2 aromatic rings. The molecule has 1 unspecified atom stereocenters. The normalized spacial score (nSPS) is 13.4. The van der Waals surface area contributed by atoms with Gasteiger partial charge in [-0.15, -0.1) is 0 Å². The lowest BCUT2D eigenvalue weighted by Crippen LogP contribution is -2.36. The van der Waals surface area contributed by atoms with Crippen LogP contribution < -0.4 is 11.1 Å². The molecule has 0 aliphatic carbocycles. The molecule has 0 aliphatic heterocycles. The summed E-state index contributed by atoms with van der Waals surface area (Å²) < 4.78 is 0. The summed E-state index contributed by atoms with van der Waals surface area (Å²) in [6.07, 6.45) is 0. The first-order valence-corrected chi connectivity index (χ1v) is 6.62. The molecule has 5 heteroatoms. The van der Waals surface area contributed by atoms with Gasteiger partial charge in [0, 0.05) is 18.3 Å². The van der Waals surface area contributed by atoms with Gasteiger partial charge in [0.25, 0.3) is 0 Å². The average molecular weight is 261 g/mol. The van der Waals surface area contributed by atoms with Gasteiger partial charge in [-0.2, -0.15) is 0 Å². The molecule has 1 heterocycles. The zero-order valence-electron chi connectivity index (χ0n) is 12.1. The second kappa shape index (κ2) is 5.48. The molecule has 1 aromatic carbocycles. The van der Waals surface area contributed by atoms with Gasteiger partial charge < -0.3 is 20.9 Å². The first-order valence-electron chi connectivity index (χ1n) is 6.62. The van der Waals surface area contributed by atoms with Crippen LogP contribution in [0.4, 0.5) is 11.6 Å². The zero-order chi connectivity index (χ0) is 14.0. The van der Waals surface area contributed by atoms with Crippen LogP contribution in [0.5, 0.6) is 0 Å². The van der Waals surface area contributed by atoms with E-state index < -0.39 is 0 Å². The number of hydrogen-bond acceptors (Lipinski definition) is 4. The number of nitrogens with two attached hydrogens (primary N) is 1. The molecule has 0 saturated carbocycles. The van der Waals surface area contributed by atoms with Crippen molar-refractivity contribution >= 4 is 22.7 Å². The third-order valence-corrected chi connectivity index (χ3v) is 3.19. The van der Waals surface area contributed by atoms with E-state index >= 15 is 0 Å². The highest BCUT2D eigenvalue weighted by molar-refractivity contribution is 5.80. The third kappa shape index (κ3) is 3.38. The molecule has 0 bridgehead atoms. The van der Waals surface area contributed by atoms with Crippen molar-refractivity contribution in [3.8, 4) is 0 Å². The molecule has 0 aliphatic rings. The highest BCUT2D eigenvalue weighted by Crippen LogP contribution is 2.18. The maximum absolute atomic E-state index is 5.77.